The fraction of sp³-hybridized carbons (Fsp3) is 0.0455. The van der Waals surface area contributed by atoms with E-state index >= 15 is 0 Å². The van der Waals surface area contributed by atoms with Crippen LogP contribution in [0.1, 0.15) is 16.3 Å². The standard InChI is InChI=1S/C22H16N8S/c23-13-3-4-14(18-2-1-7-31-18)19-16(9-13)27-22(28-19)20-15-8-12(10-26-21(15)30-29-20)17-11-24-5-6-25-17/h1-8,10-11H,9,23H2,(H,27,28)(H,26,29,30). The van der Waals surface area contributed by atoms with Gasteiger partial charge in [-0.2, -0.15) is 5.10 Å². The Labute approximate surface area is 180 Å². The summed E-state index contributed by atoms with van der Waals surface area (Å²) in [5, 5.41) is 10.4. The number of hydrogen-bond acceptors (Lipinski definition) is 7. The van der Waals surface area contributed by atoms with Crippen LogP contribution in [0.3, 0.4) is 0 Å². The van der Waals surface area contributed by atoms with E-state index in [2.05, 4.69) is 41.6 Å². The van der Waals surface area contributed by atoms with Gasteiger partial charge in [0.05, 0.1) is 23.0 Å². The zero-order valence-electron chi connectivity index (χ0n) is 16.2. The van der Waals surface area contributed by atoms with Gasteiger partial charge in [-0.05, 0) is 29.7 Å². The van der Waals surface area contributed by atoms with E-state index in [0.29, 0.717) is 17.9 Å². The van der Waals surface area contributed by atoms with Crippen LogP contribution in [-0.4, -0.2) is 35.1 Å². The third-order valence-electron chi connectivity index (χ3n) is 5.17. The molecule has 31 heavy (non-hydrogen) atoms. The van der Waals surface area contributed by atoms with Crippen LogP contribution in [0.2, 0.25) is 0 Å². The van der Waals surface area contributed by atoms with Crippen molar-refractivity contribution in [2.24, 2.45) is 5.73 Å². The average molecular weight is 424 g/mol. The lowest BCUT2D eigenvalue weighted by Crippen LogP contribution is -2.01. The van der Waals surface area contributed by atoms with Crippen LogP contribution in [0.5, 0.6) is 0 Å². The first kappa shape index (κ1) is 17.7. The second-order valence-electron chi connectivity index (χ2n) is 7.17. The van der Waals surface area contributed by atoms with Crippen LogP contribution in [0, 0.1) is 0 Å². The second-order valence-corrected chi connectivity index (χ2v) is 8.12. The largest absolute Gasteiger partial charge is 0.402 e. The lowest BCUT2D eigenvalue weighted by atomic mass is 10.1. The molecule has 0 amide bonds. The van der Waals surface area contributed by atoms with Crippen molar-refractivity contribution >= 4 is 27.9 Å². The molecule has 0 aromatic carbocycles. The number of nitrogens with two attached hydrogens (primary N) is 1. The summed E-state index contributed by atoms with van der Waals surface area (Å²) in [4.78, 5) is 22.5. The molecule has 6 rings (SSSR count). The first-order valence-corrected chi connectivity index (χ1v) is 10.5. The minimum Gasteiger partial charge on any atom is -0.402 e. The molecule has 5 heterocycles. The number of nitrogens with one attached hydrogen (secondary N) is 2. The minimum atomic E-state index is 0.600. The van der Waals surface area contributed by atoms with Crippen LogP contribution >= 0.6 is 11.3 Å². The van der Waals surface area contributed by atoms with Gasteiger partial charge in [-0.15, -0.1) is 11.3 Å². The van der Waals surface area contributed by atoms with Crippen molar-refractivity contribution in [3.63, 3.8) is 0 Å². The molecule has 0 saturated heterocycles. The molecule has 0 atom stereocenters. The molecule has 1 aliphatic carbocycles. The van der Waals surface area contributed by atoms with Gasteiger partial charge in [0.25, 0.3) is 0 Å². The maximum absolute atomic E-state index is 6.20. The lowest BCUT2D eigenvalue weighted by molar-refractivity contribution is 1.04. The van der Waals surface area contributed by atoms with E-state index in [-0.39, 0.29) is 0 Å². The summed E-state index contributed by atoms with van der Waals surface area (Å²) >= 11 is 1.68. The second kappa shape index (κ2) is 6.99. The van der Waals surface area contributed by atoms with Gasteiger partial charge < -0.3 is 10.7 Å². The molecular formula is C22H16N8S. The predicted molar refractivity (Wildman–Crippen MR) is 120 cm³/mol. The number of fused-ring (bicyclic) bond motifs is 2. The van der Waals surface area contributed by atoms with Crippen LogP contribution in [0.15, 0.2) is 66.2 Å². The Morgan fingerprint density at radius 2 is 2.06 bits per heavy atom. The lowest BCUT2D eigenvalue weighted by Gasteiger charge is -2.02. The van der Waals surface area contributed by atoms with Crippen LogP contribution < -0.4 is 5.73 Å². The molecule has 8 nitrogen and oxygen atoms in total. The highest BCUT2D eigenvalue weighted by Gasteiger charge is 2.22. The van der Waals surface area contributed by atoms with Gasteiger partial charge in [-0.1, -0.05) is 6.07 Å². The third kappa shape index (κ3) is 3.03. The highest BCUT2D eigenvalue weighted by atomic mass is 32.1. The summed E-state index contributed by atoms with van der Waals surface area (Å²) in [5.41, 5.74) is 12.9. The number of aromatic amines is 2. The van der Waals surface area contributed by atoms with E-state index in [9.17, 15) is 0 Å². The number of rotatable bonds is 3. The molecule has 0 aliphatic heterocycles. The fourth-order valence-electron chi connectivity index (χ4n) is 3.71. The maximum Gasteiger partial charge on any atom is 0.181 e. The zero-order valence-corrected chi connectivity index (χ0v) is 17.0. The number of hydrogen-bond donors (Lipinski definition) is 3. The molecule has 5 aromatic rings. The number of aromatic nitrogens is 7. The Morgan fingerprint density at radius 1 is 1.10 bits per heavy atom. The zero-order chi connectivity index (χ0) is 20.8. The van der Waals surface area contributed by atoms with Crippen molar-refractivity contribution in [1.82, 2.24) is 35.1 Å². The molecule has 150 valence electrons. The maximum atomic E-state index is 6.20. The normalized spacial score (nSPS) is 13.5. The minimum absolute atomic E-state index is 0.600. The molecule has 5 aromatic heterocycles. The predicted octanol–water partition coefficient (Wildman–Crippen LogP) is 3.70. The summed E-state index contributed by atoms with van der Waals surface area (Å²) in [6.07, 6.45) is 11.4. The van der Waals surface area contributed by atoms with Gasteiger partial charge in [-0.3, -0.25) is 15.1 Å². The fourth-order valence-corrected chi connectivity index (χ4v) is 4.46. The highest BCUT2D eigenvalue weighted by molar-refractivity contribution is 7.11. The van der Waals surface area contributed by atoms with E-state index in [1.807, 2.05) is 24.3 Å². The van der Waals surface area contributed by atoms with E-state index in [0.717, 1.165) is 49.9 Å². The average Bonchev–Trinajstić information content (AvgIpc) is 3.53. The summed E-state index contributed by atoms with van der Waals surface area (Å²) in [6.45, 7) is 0. The molecule has 1 aliphatic rings. The molecule has 0 fully saturated rings. The smallest absolute Gasteiger partial charge is 0.181 e. The van der Waals surface area contributed by atoms with Crippen molar-refractivity contribution < 1.29 is 0 Å². The summed E-state index contributed by atoms with van der Waals surface area (Å²) in [7, 11) is 0. The van der Waals surface area contributed by atoms with Crippen LogP contribution in [-0.2, 0) is 6.42 Å². The number of imidazole rings is 1. The quantitative estimate of drug-likeness (QED) is 0.406. The van der Waals surface area contributed by atoms with Gasteiger partial charge in [0.15, 0.2) is 11.5 Å². The summed E-state index contributed by atoms with van der Waals surface area (Å²) in [6, 6.07) is 6.13. The van der Waals surface area contributed by atoms with Gasteiger partial charge >= 0.3 is 0 Å². The highest BCUT2D eigenvalue weighted by Crippen LogP contribution is 2.34. The first-order valence-electron chi connectivity index (χ1n) is 9.66. The Morgan fingerprint density at radius 3 is 2.90 bits per heavy atom. The van der Waals surface area contributed by atoms with Crippen molar-refractivity contribution in [3.8, 4) is 22.8 Å². The molecule has 9 heteroatoms. The Kier molecular flexibility index (Phi) is 4.00. The number of pyridine rings is 1. The van der Waals surface area contributed by atoms with Gasteiger partial charge in [0, 0.05) is 52.4 Å². The van der Waals surface area contributed by atoms with Crippen molar-refractivity contribution in [2.45, 2.75) is 6.42 Å². The van der Waals surface area contributed by atoms with E-state index in [1.165, 1.54) is 0 Å². The third-order valence-corrected chi connectivity index (χ3v) is 6.07. The number of H-pyrrole nitrogens is 2. The molecule has 0 unspecified atom stereocenters. The van der Waals surface area contributed by atoms with Gasteiger partial charge in [0.1, 0.15) is 5.69 Å². The molecule has 4 N–H and O–H groups in total. The molecule has 0 spiro atoms. The molecule has 0 bridgehead atoms. The molecule has 0 radical (unpaired) electrons. The Balaban J connectivity index is 1.49. The van der Waals surface area contributed by atoms with Crippen molar-refractivity contribution in [3.05, 3.63) is 82.5 Å². The van der Waals surface area contributed by atoms with Crippen LogP contribution in [0.4, 0.5) is 0 Å². The van der Waals surface area contributed by atoms with Crippen molar-refractivity contribution in [1.29, 1.82) is 0 Å². The van der Waals surface area contributed by atoms with E-state index in [4.69, 9.17) is 10.7 Å². The summed E-state index contributed by atoms with van der Waals surface area (Å²) < 4.78 is 0. The van der Waals surface area contributed by atoms with Gasteiger partial charge in [-0.25, -0.2) is 9.97 Å². The van der Waals surface area contributed by atoms with Gasteiger partial charge in [0.2, 0.25) is 0 Å². The van der Waals surface area contributed by atoms with Crippen molar-refractivity contribution in [2.75, 3.05) is 0 Å². The molecular weight excluding hydrogens is 408 g/mol. The number of thiophene rings is 1. The van der Waals surface area contributed by atoms with Crippen LogP contribution in [0.25, 0.3) is 39.4 Å². The summed E-state index contributed by atoms with van der Waals surface area (Å²) in [5.74, 6) is 0.697. The first-order chi connectivity index (χ1) is 15.3. The topological polar surface area (TPSA) is 122 Å². The Hall–Kier alpha value is -4.11. The monoisotopic (exact) mass is 424 g/mol. The number of allylic oxidation sites excluding steroid dienone is 3. The van der Waals surface area contributed by atoms with E-state index < -0.39 is 0 Å². The Bertz CT molecular complexity index is 1460. The SMILES string of the molecule is NC1=CC=C(c2cccs2)c2nc(-c3[nH]nc4ncc(-c5cnccn5)cc34)[nH]c2C1. The number of nitrogens with zero attached hydrogens (tertiary/aromatic N) is 5. The van der Waals surface area contributed by atoms with E-state index in [1.54, 1.807) is 36.1 Å². The molecule has 0 saturated carbocycles.